The van der Waals surface area contributed by atoms with Gasteiger partial charge in [-0.2, -0.15) is 0 Å². The van der Waals surface area contributed by atoms with Gasteiger partial charge in [0.15, 0.2) is 0 Å². The molecule has 0 aliphatic rings. The summed E-state index contributed by atoms with van der Waals surface area (Å²) in [5.41, 5.74) is 0.399. The molecule has 1 aromatic carbocycles. The van der Waals surface area contributed by atoms with Crippen LogP contribution in [0.5, 0.6) is 0 Å². The molecule has 0 spiro atoms. The summed E-state index contributed by atoms with van der Waals surface area (Å²) in [5.74, 6) is -0.318. The predicted molar refractivity (Wildman–Crippen MR) is 71.9 cm³/mol. The minimum Gasteiger partial charge on any atom is -0.394 e. The quantitative estimate of drug-likeness (QED) is 0.899. The Morgan fingerprint density at radius 1 is 1.41 bits per heavy atom. The first-order chi connectivity index (χ1) is 8.20. The Hall–Kier alpha value is -0.910. The fraction of sp³-hybridized carbons (Fsp3) is 0.167. The molecule has 1 atom stereocenters. The van der Waals surface area contributed by atoms with Gasteiger partial charge in [0.25, 0.3) is 0 Å². The van der Waals surface area contributed by atoms with Gasteiger partial charge in [-0.3, -0.25) is 0 Å². The van der Waals surface area contributed by atoms with Crippen LogP contribution in [0.4, 0.5) is 10.1 Å². The van der Waals surface area contributed by atoms with Crippen LogP contribution >= 0.6 is 27.3 Å². The molecule has 0 fully saturated rings. The van der Waals surface area contributed by atoms with E-state index in [-0.39, 0.29) is 18.5 Å². The summed E-state index contributed by atoms with van der Waals surface area (Å²) in [5, 5.41) is 14.3. The molecular formula is C12H11BrFNOS. The van der Waals surface area contributed by atoms with Crippen molar-refractivity contribution < 1.29 is 9.50 Å². The van der Waals surface area contributed by atoms with Crippen LogP contribution < -0.4 is 5.32 Å². The van der Waals surface area contributed by atoms with E-state index in [1.54, 1.807) is 18.2 Å². The minimum absolute atomic E-state index is 0.0821. The van der Waals surface area contributed by atoms with Crippen molar-refractivity contribution >= 4 is 33.0 Å². The summed E-state index contributed by atoms with van der Waals surface area (Å²) in [6.07, 6.45) is 0. The van der Waals surface area contributed by atoms with Crippen molar-refractivity contribution in [3.8, 4) is 0 Å². The van der Waals surface area contributed by atoms with Gasteiger partial charge in [-0.05, 0) is 34.1 Å². The molecule has 2 N–H and O–H groups in total. The number of benzene rings is 1. The van der Waals surface area contributed by atoms with Crippen LogP contribution in [-0.2, 0) is 0 Å². The monoisotopic (exact) mass is 315 g/mol. The maximum atomic E-state index is 13.5. The van der Waals surface area contributed by atoms with Crippen LogP contribution in [0.25, 0.3) is 0 Å². The third kappa shape index (κ3) is 3.06. The zero-order valence-corrected chi connectivity index (χ0v) is 11.3. The van der Waals surface area contributed by atoms with E-state index in [1.165, 1.54) is 17.4 Å². The topological polar surface area (TPSA) is 32.3 Å². The van der Waals surface area contributed by atoms with Crippen LogP contribution in [0.2, 0.25) is 0 Å². The standard InChI is InChI=1S/C12H11BrFNOS/c13-8-5-12(17-7-8)11(6-16)15-10-4-2-1-3-9(10)14/h1-5,7,11,15-16H,6H2. The first-order valence-corrected chi connectivity index (χ1v) is 6.74. The Kier molecular flexibility index (Phi) is 4.15. The smallest absolute Gasteiger partial charge is 0.146 e. The molecule has 0 saturated carbocycles. The van der Waals surface area contributed by atoms with Crippen molar-refractivity contribution in [3.05, 3.63) is 50.9 Å². The van der Waals surface area contributed by atoms with E-state index in [1.807, 2.05) is 11.4 Å². The van der Waals surface area contributed by atoms with Crippen molar-refractivity contribution in [2.24, 2.45) is 0 Å². The van der Waals surface area contributed by atoms with Crippen molar-refractivity contribution in [1.29, 1.82) is 0 Å². The van der Waals surface area contributed by atoms with Crippen molar-refractivity contribution in [3.63, 3.8) is 0 Å². The van der Waals surface area contributed by atoms with Crippen molar-refractivity contribution in [1.82, 2.24) is 0 Å². The largest absolute Gasteiger partial charge is 0.394 e. The molecule has 0 aliphatic heterocycles. The van der Waals surface area contributed by atoms with E-state index < -0.39 is 0 Å². The van der Waals surface area contributed by atoms with Crippen molar-refractivity contribution in [2.45, 2.75) is 6.04 Å². The summed E-state index contributed by atoms with van der Waals surface area (Å²) in [6.45, 7) is -0.0821. The normalized spacial score (nSPS) is 12.4. The van der Waals surface area contributed by atoms with Crippen LogP contribution in [0, 0.1) is 5.82 Å². The highest BCUT2D eigenvalue weighted by Crippen LogP contribution is 2.28. The number of para-hydroxylation sites is 1. The molecule has 0 bridgehead atoms. The van der Waals surface area contributed by atoms with Gasteiger partial charge in [-0.1, -0.05) is 12.1 Å². The lowest BCUT2D eigenvalue weighted by Crippen LogP contribution is -2.14. The maximum Gasteiger partial charge on any atom is 0.146 e. The van der Waals surface area contributed by atoms with Gasteiger partial charge in [0.2, 0.25) is 0 Å². The van der Waals surface area contributed by atoms with E-state index in [9.17, 15) is 9.50 Å². The van der Waals surface area contributed by atoms with E-state index in [4.69, 9.17) is 0 Å². The Morgan fingerprint density at radius 2 is 2.18 bits per heavy atom. The summed E-state index contributed by atoms with van der Waals surface area (Å²) in [7, 11) is 0. The van der Waals surface area contributed by atoms with Crippen LogP contribution in [0.3, 0.4) is 0 Å². The second-order valence-corrected chi connectivity index (χ2v) is 5.39. The molecule has 90 valence electrons. The molecule has 2 aromatic rings. The molecule has 0 saturated heterocycles. The third-order valence-corrected chi connectivity index (χ3v) is 4.12. The van der Waals surface area contributed by atoms with E-state index >= 15 is 0 Å². The van der Waals surface area contributed by atoms with Gasteiger partial charge in [0.1, 0.15) is 5.82 Å². The van der Waals surface area contributed by atoms with Crippen LogP contribution in [0.15, 0.2) is 40.2 Å². The zero-order chi connectivity index (χ0) is 12.3. The zero-order valence-electron chi connectivity index (χ0n) is 8.86. The number of anilines is 1. The second-order valence-electron chi connectivity index (χ2n) is 3.53. The second kappa shape index (κ2) is 5.62. The Morgan fingerprint density at radius 3 is 2.76 bits per heavy atom. The fourth-order valence-electron chi connectivity index (χ4n) is 1.48. The minimum atomic E-state index is -0.318. The number of hydrogen-bond acceptors (Lipinski definition) is 3. The summed E-state index contributed by atoms with van der Waals surface area (Å²) >= 11 is 4.87. The molecule has 17 heavy (non-hydrogen) atoms. The summed E-state index contributed by atoms with van der Waals surface area (Å²) in [6, 6.07) is 8.06. The SMILES string of the molecule is OCC(Nc1ccccc1F)c1cc(Br)cs1. The van der Waals surface area contributed by atoms with Crippen LogP contribution in [-0.4, -0.2) is 11.7 Å². The molecule has 2 rings (SSSR count). The number of halogens is 2. The van der Waals surface area contributed by atoms with E-state index in [2.05, 4.69) is 21.2 Å². The summed E-state index contributed by atoms with van der Waals surface area (Å²) in [4.78, 5) is 0.961. The van der Waals surface area contributed by atoms with Gasteiger partial charge in [0, 0.05) is 14.7 Å². The van der Waals surface area contributed by atoms with Gasteiger partial charge < -0.3 is 10.4 Å². The average molecular weight is 316 g/mol. The molecule has 0 amide bonds. The molecule has 0 aliphatic carbocycles. The highest BCUT2D eigenvalue weighted by Gasteiger charge is 2.14. The van der Waals surface area contributed by atoms with Gasteiger partial charge in [-0.15, -0.1) is 11.3 Å². The van der Waals surface area contributed by atoms with Crippen molar-refractivity contribution in [2.75, 3.05) is 11.9 Å². The van der Waals surface area contributed by atoms with Gasteiger partial charge in [-0.25, -0.2) is 4.39 Å². The number of aliphatic hydroxyl groups is 1. The number of rotatable bonds is 4. The van der Waals surface area contributed by atoms with Gasteiger partial charge in [0.05, 0.1) is 18.3 Å². The molecule has 1 heterocycles. The van der Waals surface area contributed by atoms with E-state index in [0.29, 0.717) is 5.69 Å². The number of thiophene rings is 1. The molecule has 1 aromatic heterocycles. The lowest BCUT2D eigenvalue weighted by molar-refractivity contribution is 0.277. The molecule has 1 unspecified atom stereocenters. The van der Waals surface area contributed by atoms with E-state index in [0.717, 1.165) is 9.35 Å². The first-order valence-electron chi connectivity index (χ1n) is 5.06. The Balaban J connectivity index is 2.18. The molecule has 0 radical (unpaired) electrons. The predicted octanol–water partition coefficient (Wildman–Crippen LogP) is 3.80. The van der Waals surface area contributed by atoms with Crippen LogP contribution in [0.1, 0.15) is 10.9 Å². The lowest BCUT2D eigenvalue weighted by Gasteiger charge is -2.16. The molecule has 5 heteroatoms. The number of aliphatic hydroxyl groups excluding tert-OH is 1. The molecular weight excluding hydrogens is 305 g/mol. The summed E-state index contributed by atoms with van der Waals surface area (Å²) < 4.78 is 14.4. The van der Waals surface area contributed by atoms with Gasteiger partial charge >= 0.3 is 0 Å². The highest BCUT2D eigenvalue weighted by molar-refractivity contribution is 9.10. The Bertz CT molecular complexity index is 503. The maximum absolute atomic E-state index is 13.5. The lowest BCUT2D eigenvalue weighted by atomic mass is 10.2. The first kappa shape index (κ1) is 12.5. The number of nitrogens with one attached hydrogen (secondary N) is 1. The fourth-order valence-corrected chi connectivity index (χ4v) is 2.97. The molecule has 2 nitrogen and oxygen atoms in total. The Labute approximate surface area is 111 Å². The highest BCUT2D eigenvalue weighted by atomic mass is 79.9. The number of hydrogen-bond donors (Lipinski definition) is 2. The third-order valence-electron chi connectivity index (χ3n) is 2.32. The average Bonchev–Trinajstić information content (AvgIpc) is 2.75.